The molecule has 0 aromatic carbocycles. The van der Waals surface area contributed by atoms with Crippen molar-refractivity contribution in [1.82, 2.24) is 9.80 Å². The van der Waals surface area contributed by atoms with Crippen molar-refractivity contribution >= 4 is 5.91 Å². The van der Waals surface area contributed by atoms with E-state index in [9.17, 15) is 4.79 Å². The van der Waals surface area contributed by atoms with E-state index in [0.29, 0.717) is 6.54 Å². The minimum atomic E-state index is -0.0466. The van der Waals surface area contributed by atoms with Crippen molar-refractivity contribution in [3.05, 3.63) is 0 Å². The maximum Gasteiger partial charge on any atom is 0.239 e. The molecule has 1 amide bonds. The number of amides is 1. The van der Waals surface area contributed by atoms with Crippen LogP contribution in [-0.2, 0) is 4.79 Å². The van der Waals surface area contributed by atoms with Gasteiger partial charge in [-0.2, -0.15) is 0 Å². The predicted molar refractivity (Wildman–Crippen MR) is 64.2 cm³/mol. The normalized spacial score (nSPS) is 20.2. The van der Waals surface area contributed by atoms with E-state index >= 15 is 0 Å². The second kappa shape index (κ2) is 6.86. The summed E-state index contributed by atoms with van der Waals surface area (Å²) in [4.78, 5) is 15.9. The first kappa shape index (κ1) is 13.5. The Kier molecular flexibility index (Phi) is 5.77. The molecule has 0 saturated carbocycles. The summed E-state index contributed by atoms with van der Waals surface area (Å²) in [7, 11) is 1.76. The lowest BCUT2D eigenvalue weighted by Crippen LogP contribution is -2.46. The Balaban J connectivity index is 2.47. The maximum atomic E-state index is 12.0. The van der Waals surface area contributed by atoms with Gasteiger partial charge in [-0.1, -0.05) is 12.8 Å². The summed E-state index contributed by atoms with van der Waals surface area (Å²) in [5.74, 6) is 0.121. The number of aliphatic hydroxyl groups is 1. The lowest BCUT2D eigenvalue weighted by Gasteiger charge is -2.29. The summed E-state index contributed by atoms with van der Waals surface area (Å²) >= 11 is 0. The largest absolute Gasteiger partial charge is 0.395 e. The van der Waals surface area contributed by atoms with Gasteiger partial charge in [-0.05, 0) is 32.9 Å². The van der Waals surface area contributed by atoms with E-state index in [-0.39, 0.29) is 18.6 Å². The van der Waals surface area contributed by atoms with Crippen LogP contribution in [0.1, 0.15) is 32.6 Å². The highest BCUT2D eigenvalue weighted by Crippen LogP contribution is 2.13. The number of likely N-dealkylation sites (tertiary alicyclic amines) is 1. The Morgan fingerprint density at radius 3 is 2.38 bits per heavy atom. The van der Waals surface area contributed by atoms with E-state index in [4.69, 9.17) is 5.11 Å². The summed E-state index contributed by atoms with van der Waals surface area (Å²) < 4.78 is 0. The van der Waals surface area contributed by atoms with Gasteiger partial charge in [0.25, 0.3) is 0 Å². The van der Waals surface area contributed by atoms with Crippen LogP contribution in [0.4, 0.5) is 0 Å². The van der Waals surface area contributed by atoms with Crippen LogP contribution in [0.3, 0.4) is 0 Å². The fourth-order valence-corrected chi connectivity index (χ4v) is 2.22. The average molecular weight is 228 g/mol. The first-order chi connectivity index (χ1) is 7.66. The smallest absolute Gasteiger partial charge is 0.239 e. The molecular weight excluding hydrogens is 204 g/mol. The third-order valence-corrected chi connectivity index (χ3v) is 3.36. The summed E-state index contributed by atoms with van der Waals surface area (Å²) in [6.07, 6.45) is 4.95. The molecule has 1 N–H and O–H groups in total. The number of nitrogens with zero attached hydrogens (tertiary/aromatic N) is 2. The molecule has 0 radical (unpaired) electrons. The number of carbonyl (C=O) groups is 1. The quantitative estimate of drug-likeness (QED) is 0.770. The van der Waals surface area contributed by atoms with Crippen molar-refractivity contribution in [1.29, 1.82) is 0 Å². The number of hydrogen-bond acceptors (Lipinski definition) is 3. The third kappa shape index (κ3) is 3.76. The van der Waals surface area contributed by atoms with Gasteiger partial charge < -0.3 is 10.0 Å². The molecule has 1 fully saturated rings. The molecule has 1 atom stereocenters. The van der Waals surface area contributed by atoms with Crippen LogP contribution in [0.5, 0.6) is 0 Å². The zero-order valence-corrected chi connectivity index (χ0v) is 10.5. The molecule has 1 unspecified atom stereocenters. The maximum absolute atomic E-state index is 12.0. The van der Waals surface area contributed by atoms with E-state index in [0.717, 1.165) is 13.1 Å². The van der Waals surface area contributed by atoms with Crippen LogP contribution in [-0.4, -0.2) is 60.1 Å². The molecule has 1 rings (SSSR count). The minimum Gasteiger partial charge on any atom is -0.395 e. The molecule has 4 heteroatoms. The molecule has 0 aromatic heterocycles. The molecule has 4 nitrogen and oxygen atoms in total. The van der Waals surface area contributed by atoms with Gasteiger partial charge in [0.1, 0.15) is 0 Å². The number of aliphatic hydroxyl groups excluding tert-OH is 1. The first-order valence-corrected chi connectivity index (χ1v) is 6.26. The van der Waals surface area contributed by atoms with Gasteiger partial charge >= 0.3 is 0 Å². The topological polar surface area (TPSA) is 43.8 Å². The van der Waals surface area contributed by atoms with E-state index in [1.165, 1.54) is 25.7 Å². The first-order valence-electron chi connectivity index (χ1n) is 6.26. The SMILES string of the molecule is CC(C(=O)N(C)CCO)N1CCCCCC1. The van der Waals surface area contributed by atoms with Crippen LogP contribution in [0, 0.1) is 0 Å². The monoisotopic (exact) mass is 228 g/mol. The Hall–Kier alpha value is -0.610. The minimum absolute atomic E-state index is 0.0367. The van der Waals surface area contributed by atoms with Gasteiger partial charge in [-0.3, -0.25) is 9.69 Å². The predicted octanol–water partition coefficient (Wildman–Crippen LogP) is 0.702. The molecule has 0 aliphatic carbocycles. The second-order valence-corrected chi connectivity index (χ2v) is 4.61. The van der Waals surface area contributed by atoms with Crippen molar-refractivity contribution in [2.24, 2.45) is 0 Å². The summed E-state index contributed by atoms with van der Waals surface area (Å²) in [6, 6.07) is -0.0466. The highest BCUT2D eigenvalue weighted by Gasteiger charge is 2.24. The van der Waals surface area contributed by atoms with Gasteiger partial charge in [-0.15, -0.1) is 0 Å². The van der Waals surface area contributed by atoms with Crippen molar-refractivity contribution in [2.75, 3.05) is 33.3 Å². The molecule has 0 aromatic rings. The summed E-state index contributed by atoms with van der Waals surface area (Å²) in [5, 5.41) is 8.82. The summed E-state index contributed by atoms with van der Waals surface area (Å²) in [5.41, 5.74) is 0. The highest BCUT2D eigenvalue weighted by molar-refractivity contribution is 5.81. The molecule has 16 heavy (non-hydrogen) atoms. The Morgan fingerprint density at radius 1 is 1.31 bits per heavy atom. The van der Waals surface area contributed by atoms with Gasteiger partial charge in [0, 0.05) is 13.6 Å². The molecule has 0 spiro atoms. The Labute approximate surface area is 98.2 Å². The van der Waals surface area contributed by atoms with Crippen LogP contribution in [0.2, 0.25) is 0 Å². The Bertz CT molecular complexity index is 213. The van der Waals surface area contributed by atoms with Crippen LogP contribution < -0.4 is 0 Å². The zero-order chi connectivity index (χ0) is 12.0. The number of rotatable bonds is 4. The van der Waals surface area contributed by atoms with Crippen molar-refractivity contribution in [3.63, 3.8) is 0 Å². The molecule has 1 aliphatic rings. The third-order valence-electron chi connectivity index (χ3n) is 3.36. The number of carbonyl (C=O) groups excluding carboxylic acids is 1. The Morgan fingerprint density at radius 2 is 1.88 bits per heavy atom. The second-order valence-electron chi connectivity index (χ2n) is 4.61. The number of likely N-dealkylation sites (N-methyl/N-ethyl adjacent to an activating group) is 1. The number of hydrogen-bond donors (Lipinski definition) is 1. The van der Waals surface area contributed by atoms with Crippen molar-refractivity contribution in [3.8, 4) is 0 Å². The van der Waals surface area contributed by atoms with Gasteiger partial charge in [0.15, 0.2) is 0 Å². The van der Waals surface area contributed by atoms with Crippen molar-refractivity contribution in [2.45, 2.75) is 38.6 Å². The van der Waals surface area contributed by atoms with E-state index in [1.807, 2.05) is 6.92 Å². The van der Waals surface area contributed by atoms with E-state index < -0.39 is 0 Å². The fourth-order valence-electron chi connectivity index (χ4n) is 2.22. The van der Waals surface area contributed by atoms with Crippen molar-refractivity contribution < 1.29 is 9.90 Å². The molecular formula is C12H24N2O2. The molecule has 0 bridgehead atoms. The van der Waals surface area contributed by atoms with Crippen LogP contribution in [0.25, 0.3) is 0 Å². The fraction of sp³-hybridized carbons (Fsp3) is 0.917. The van der Waals surface area contributed by atoms with Crippen LogP contribution >= 0.6 is 0 Å². The zero-order valence-electron chi connectivity index (χ0n) is 10.5. The van der Waals surface area contributed by atoms with E-state index in [2.05, 4.69) is 4.90 Å². The van der Waals surface area contributed by atoms with Gasteiger partial charge in [-0.25, -0.2) is 0 Å². The van der Waals surface area contributed by atoms with Crippen LogP contribution in [0.15, 0.2) is 0 Å². The highest BCUT2D eigenvalue weighted by atomic mass is 16.3. The van der Waals surface area contributed by atoms with Gasteiger partial charge in [0.2, 0.25) is 5.91 Å². The van der Waals surface area contributed by atoms with E-state index in [1.54, 1.807) is 11.9 Å². The lowest BCUT2D eigenvalue weighted by molar-refractivity contribution is -0.135. The van der Waals surface area contributed by atoms with Gasteiger partial charge in [0.05, 0.1) is 12.6 Å². The lowest BCUT2D eigenvalue weighted by atomic mass is 10.2. The molecule has 94 valence electrons. The summed E-state index contributed by atoms with van der Waals surface area (Å²) in [6.45, 7) is 4.49. The standard InChI is InChI=1S/C12H24N2O2/c1-11(12(16)13(2)9-10-15)14-7-5-3-4-6-8-14/h11,15H,3-10H2,1-2H3. The molecule has 1 saturated heterocycles. The molecule has 1 heterocycles. The molecule has 1 aliphatic heterocycles. The average Bonchev–Trinajstić information content (AvgIpc) is 2.56.